The minimum Gasteiger partial charge on any atom is -0.449 e. The second-order valence-corrected chi connectivity index (χ2v) is 4.18. The van der Waals surface area contributed by atoms with Crippen LogP contribution in [0.3, 0.4) is 0 Å². The molecule has 1 aromatic heterocycles. The van der Waals surface area contributed by atoms with Crippen LogP contribution in [0.1, 0.15) is 37.7 Å². The Labute approximate surface area is 102 Å². The molecule has 0 spiro atoms. The van der Waals surface area contributed by atoms with E-state index in [1.54, 1.807) is 6.07 Å². The van der Waals surface area contributed by atoms with Gasteiger partial charge in [-0.1, -0.05) is 13.3 Å². The summed E-state index contributed by atoms with van der Waals surface area (Å²) in [5.74, 6) is 1.64. The van der Waals surface area contributed by atoms with E-state index in [1.165, 1.54) is 0 Å². The van der Waals surface area contributed by atoms with Crippen LogP contribution in [0.15, 0.2) is 16.5 Å². The van der Waals surface area contributed by atoms with Crippen molar-refractivity contribution in [2.24, 2.45) is 5.92 Å². The maximum atomic E-state index is 8.93. The van der Waals surface area contributed by atoms with Crippen LogP contribution in [0.25, 0.3) is 0 Å². The van der Waals surface area contributed by atoms with Crippen LogP contribution in [0, 0.1) is 17.2 Å². The standard InChI is InChI=1S/C13H20N2O2/c1-2-3-11(6-7-16)9-15-10-13-5-4-12(8-14)17-13/h4-5,11,15-16H,2-3,6-7,9-10H2,1H3. The Morgan fingerprint density at radius 2 is 2.29 bits per heavy atom. The second-order valence-electron chi connectivity index (χ2n) is 4.18. The maximum Gasteiger partial charge on any atom is 0.203 e. The molecule has 0 amide bonds. The predicted molar refractivity (Wildman–Crippen MR) is 65.2 cm³/mol. The first-order valence-corrected chi connectivity index (χ1v) is 6.10. The molecular weight excluding hydrogens is 216 g/mol. The Balaban J connectivity index is 2.27. The fourth-order valence-electron chi connectivity index (χ4n) is 1.87. The average molecular weight is 236 g/mol. The Hall–Kier alpha value is -1.31. The molecule has 0 aromatic carbocycles. The quantitative estimate of drug-likeness (QED) is 0.724. The lowest BCUT2D eigenvalue weighted by atomic mass is 10.0. The molecule has 1 atom stereocenters. The lowest BCUT2D eigenvalue weighted by Crippen LogP contribution is -2.23. The number of rotatable bonds is 8. The Kier molecular flexibility index (Phi) is 6.38. The van der Waals surface area contributed by atoms with Crippen molar-refractivity contribution < 1.29 is 9.52 Å². The first kappa shape index (κ1) is 13.8. The number of hydrogen-bond donors (Lipinski definition) is 2. The molecule has 1 rings (SSSR count). The van der Waals surface area contributed by atoms with Crippen LogP contribution < -0.4 is 5.32 Å². The zero-order valence-electron chi connectivity index (χ0n) is 10.3. The van der Waals surface area contributed by atoms with Gasteiger partial charge in [-0.3, -0.25) is 0 Å². The first-order chi connectivity index (χ1) is 8.30. The van der Waals surface area contributed by atoms with Gasteiger partial charge in [-0.25, -0.2) is 0 Å². The van der Waals surface area contributed by atoms with Gasteiger partial charge >= 0.3 is 0 Å². The van der Waals surface area contributed by atoms with E-state index in [-0.39, 0.29) is 6.61 Å². The fourth-order valence-corrected chi connectivity index (χ4v) is 1.87. The van der Waals surface area contributed by atoms with Crippen molar-refractivity contribution >= 4 is 0 Å². The number of hydrogen-bond acceptors (Lipinski definition) is 4. The third-order valence-corrected chi connectivity index (χ3v) is 2.74. The van der Waals surface area contributed by atoms with Gasteiger partial charge in [0, 0.05) is 6.61 Å². The first-order valence-electron chi connectivity index (χ1n) is 6.10. The number of furan rings is 1. The SMILES string of the molecule is CCCC(CCO)CNCc1ccc(C#N)o1. The summed E-state index contributed by atoms with van der Waals surface area (Å²) >= 11 is 0. The van der Waals surface area contributed by atoms with E-state index >= 15 is 0 Å². The van der Waals surface area contributed by atoms with Gasteiger partial charge < -0.3 is 14.8 Å². The van der Waals surface area contributed by atoms with Crippen LogP contribution in [-0.2, 0) is 6.54 Å². The summed E-state index contributed by atoms with van der Waals surface area (Å²) in [5, 5.41) is 20.8. The van der Waals surface area contributed by atoms with Crippen LogP contribution in [0.4, 0.5) is 0 Å². The molecule has 0 saturated carbocycles. The molecule has 0 aliphatic rings. The lowest BCUT2D eigenvalue weighted by Gasteiger charge is -2.14. The molecule has 0 aliphatic carbocycles. The normalized spacial score (nSPS) is 12.3. The molecular formula is C13H20N2O2. The van der Waals surface area contributed by atoms with E-state index in [1.807, 2.05) is 12.1 Å². The van der Waals surface area contributed by atoms with Crippen molar-refractivity contribution in [1.82, 2.24) is 5.32 Å². The summed E-state index contributed by atoms with van der Waals surface area (Å²) in [7, 11) is 0. The van der Waals surface area contributed by atoms with Crippen molar-refractivity contribution in [3.8, 4) is 6.07 Å². The van der Waals surface area contributed by atoms with Gasteiger partial charge in [0.2, 0.25) is 5.76 Å². The summed E-state index contributed by atoms with van der Waals surface area (Å²) < 4.78 is 5.26. The fraction of sp³-hybridized carbons (Fsp3) is 0.615. The highest BCUT2D eigenvalue weighted by molar-refractivity contribution is 5.18. The molecule has 0 radical (unpaired) electrons. The molecule has 94 valence electrons. The molecule has 4 nitrogen and oxygen atoms in total. The number of aliphatic hydroxyl groups is 1. The molecule has 1 unspecified atom stereocenters. The van der Waals surface area contributed by atoms with Crippen molar-refractivity contribution in [3.05, 3.63) is 23.7 Å². The maximum absolute atomic E-state index is 8.93. The zero-order chi connectivity index (χ0) is 12.5. The van der Waals surface area contributed by atoms with Crippen molar-refractivity contribution in [3.63, 3.8) is 0 Å². The van der Waals surface area contributed by atoms with Gasteiger partial charge in [0.15, 0.2) is 0 Å². The Morgan fingerprint density at radius 1 is 1.47 bits per heavy atom. The van der Waals surface area contributed by atoms with E-state index in [9.17, 15) is 0 Å². The van der Waals surface area contributed by atoms with Crippen molar-refractivity contribution in [2.45, 2.75) is 32.7 Å². The molecule has 4 heteroatoms. The van der Waals surface area contributed by atoms with Gasteiger partial charge in [0.25, 0.3) is 0 Å². The summed E-state index contributed by atoms with van der Waals surface area (Å²) in [5.41, 5.74) is 0. The van der Waals surface area contributed by atoms with E-state index in [0.717, 1.165) is 31.6 Å². The topological polar surface area (TPSA) is 69.2 Å². The highest BCUT2D eigenvalue weighted by Crippen LogP contribution is 2.10. The van der Waals surface area contributed by atoms with Crippen LogP contribution in [-0.4, -0.2) is 18.3 Å². The summed E-state index contributed by atoms with van der Waals surface area (Å²) in [4.78, 5) is 0. The minimum atomic E-state index is 0.242. The summed E-state index contributed by atoms with van der Waals surface area (Å²) in [6.07, 6.45) is 3.09. The van der Waals surface area contributed by atoms with Crippen LogP contribution in [0.5, 0.6) is 0 Å². The van der Waals surface area contributed by atoms with Crippen molar-refractivity contribution in [1.29, 1.82) is 5.26 Å². The van der Waals surface area contributed by atoms with E-state index in [2.05, 4.69) is 12.2 Å². The predicted octanol–water partition coefficient (Wildman–Crippen LogP) is 2.04. The van der Waals surface area contributed by atoms with Crippen LogP contribution >= 0.6 is 0 Å². The molecule has 0 saturated heterocycles. The number of nitrogens with one attached hydrogen (secondary N) is 1. The largest absolute Gasteiger partial charge is 0.449 e. The Bertz CT molecular complexity index is 349. The second kappa shape index (κ2) is 7.88. The number of nitrogens with zero attached hydrogens (tertiary/aromatic N) is 1. The van der Waals surface area contributed by atoms with Gasteiger partial charge in [-0.05, 0) is 37.4 Å². The van der Waals surface area contributed by atoms with E-state index in [4.69, 9.17) is 14.8 Å². The third-order valence-electron chi connectivity index (χ3n) is 2.74. The van der Waals surface area contributed by atoms with Gasteiger partial charge in [-0.15, -0.1) is 0 Å². The van der Waals surface area contributed by atoms with E-state index < -0.39 is 0 Å². The summed E-state index contributed by atoms with van der Waals surface area (Å²) in [6, 6.07) is 5.45. The zero-order valence-corrected chi connectivity index (χ0v) is 10.3. The minimum absolute atomic E-state index is 0.242. The Morgan fingerprint density at radius 3 is 2.88 bits per heavy atom. The highest BCUT2D eigenvalue weighted by Gasteiger charge is 2.07. The lowest BCUT2D eigenvalue weighted by molar-refractivity contribution is 0.247. The van der Waals surface area contributed by atoms with E-state index in [0.29, 0.717) is 18.2 Å². The molecule has 2 N–H and O–H groups in total. The number of aliphatic hydroxyl groups excluding tert-OH is 1. The molecule has 1 heterocycles. The van der Waals surface area contributed by atoms with Gasteiger partial charge in [0.1, 0.15) is 11.8 Å². The van der Waals surface area contributed by atoms with Crippen molar-refractivity contribution in [2.75, 3.05) is 13.2 Å². The summed E-state index contributed by atoms with van der Waals surface area (Å²) in [6.45, 7) is 3.89. The van der Waals surface area contributed by atoms with Gasteiger partial charge in [-0.2, -0.15) is 5.26 Å². The molecule has 0 bridgehead atoms. The molecule has 17 heavy (non-hydrogen) atoms. The smallest absolute Gasteiger partial charge is 0.203 e. The number of nitriles is 1. The van der Waals surface area contributed by atoms with Crippen LogP contribution in [0.2, 0.25) is 0 Å². The van der Waals surface area contributed by atoms with Gasteiger partial charge in [0.05, 0.1) is 6.54 Å². The third kappa shape index (κ3) is 5.03. The highest BCUT2D eigenvalue weighted by atomic mass is 16.3. The molecule has 0 fully saturated rings. The molecule has 0 aliphatic heterocycles. The molecule has 1 aromatic rings. The average Bonchev–Trinajstić information content (AvgIpc) is 2.77. The monoisotopic (exact) mass is 236 g/mol.